The van der Waals surface area contributed by atoms with E-state index in [1.54, 1.807) is 6.92 Å². The number of nitrogens with one attached hydrogen (secondary N) is 1. The number of hydrogen-bond donors (Lipinski definition) is 1. The maximum absolute atomic E-state index is 11.9. The zero-order chi connectivity index (χ0) is 13.3. The average Bonchev–Trinajstić information content (AvgIpc) is 2.85. The Balaban J connectivity index is 2.16. The van der Waals surface area contributed by atoms with Crippen molar-refractivity contribution in [2.75, 3.05) is 13.2 Å². The van der Waals surface area contributed by atoms with Crippen LogP contribution in [0, 0.1) is 6.92 Å². The number of aryl methyl sites for hydroxylation is 1. The van der Waals surface area contributed by atoms with Gasteiger partial charge in [0.05, 0.1) is 22.4 Å². The van der Waals surface area contributed by atoms with Crippen molar-refractivity contribution in [3.05, 3.63) is 15.8 Å². The molecule has 0 radical (unpaired) electrons. The highest BCUT2D eigenvalue weighted by Gasteiger charge is 2.23. The van der Waals surface area contributed by atoms with E-state index in [1.165, 1.54) is 6.07 Å². The van der Waals surface area contributed by atoms with Crippen molar-refractivity contribution in [3.63, 3.8) is 0 Å². The Bertz CT molecular complexity index is 560. The van der Waals surface area contributed by atoms with Crippen molar-refractivity contribution in [1.29, 1.82) is 0 Å². The number of rotatable bonds is 3. The molecule has 1 aliphatic rings. The number of amides is 1. The third-order valence-corrected chi connectivity index (χ3v) is 5.25. The highest BCUT2D eigenvalue weighted by atomic mass is 35.7. The maximum Gasteiger partial charge on any atom is 0.262 e. The van der Waals surface area contributed by atoms with E-state index >= 15 is 0 Å². The third kappa shape index (κ3) is 3.03. The second-order valence-electron chi connectivity index (χ2n) is 4.00. The fourth-order valence-electron chi connectivity index (χ4n) is 1.72. The van der Waals surface area contributed by atoms with E-state index in [0.717, 1.165) is 17.8 Å². The molecular formula is C10H12ClNO4S2. The van der Waals surface area contributed by atoms with Crippen molar-refractivity contribution in [2.24, 2.45) is 0 Å². The molecule has 1 aromatic heterocycles. The summed E-state index contributed by atoms with van der Waals surface area (Å²) in [7, 11) is 1.48. The second-order valence-corrected chi connectivity index (χ2v) is 7.79. The van der Waals surface area contributed by atoms with Crippen LogP contribution in [0.2, 0.25) is 0 Å². The summed E-state index contributed by atoms with van der Waals surface area (Å²) in [4.78, 5) is 12.8. The molecule has 2 rings (SSSR count). The molecule has 100 valence electrons. The Hall–Kier alpha value is -0.630. The monoisotopic (exact) mass is 309 g/mol. The molecule has 1 amide bonds. The highest BCUT2D eigenvalue weighted by molar-refractivity contribution is 8.13. The Labute approximate surface area is 114 Å². The van der Waals surface area contributed by atoms with E-state index in [4.69, 9.17) is 15.4 Å². The lowest BCUT2D eigenvalue weighted by molar-refractivity contribution is 0.0934. The van der Waals surface area contributed by atoms with Crippen LogP contribution >= 0.6 is 22.0 Å². The third-order valence-electron chi connectivity index (χ3n) is 2.62. The molecule has 1 atom stereocenters. The van der Waals surface area contributed by atoms with E-state index in [1.807, 2.05) is 0 Å². The van der Waals surface area contributed by atoms with Gasteiger partial charge in [0.1, 0.15) is 0 Å². The molecule has 18 heavy (non-hydrogen) atoms. The molecule has 1 saturated heterocycles. The van der Waals surface area contributed by atoms with E-state index in [2.05, 4.69) is 5.32 Å². The molecule has 5 nitrogen and oxygen atoms in total. The minimum absolute atomic E-state index is 0.00184. The Kier molecular flexibility index (Phi) is 3.96. The molecule has 0 saturated carbocycles. The molecule has 1 N–H and O–H groups in total. The van der Waals surface area contributed by atoms with Gasteiger partial charge in [-0.2, -0.15) is 0 Å². The van der Waals surface area contributed by atoms with Crippen molar-refractivity contribution < 1.29 is 17.9 Å². The molecular weight excluding hydrogens is 298 g/mol. The van der Waals surface area contributed by atoms with Crippen LogP contribution in [0.1, 0.15) is 21.0 Å². The largest absolute Gasteiger partial charge is 0.379 e. The van der Waals surface area contributed by atoms with Gasteiger partial charge in [0.15, 0.2) is 0 Å². The lowest BCUT2D eigenvalue weighted by Crippen LogP contribution is -2.34. The van der Waals surface area contributed by atoms with Gasteiger partial charge >= 0.3 is 0 Å². The molecule has 1 aliphatic heterocycles. The minimum atomic E-state index is -3.80. The van der Waals surface area contributed by atoms with Gasteiger partial charge in [-0.3, -0.25) is 4.79 Å². The van der Waals surface area contributed by atoms with Crippen LogP contribution < -0.4 is 5.32 Å². The average molecular weight is 310 g/mol. The van der Waals surface area contributed by atoms with Crippen LogP contribution in [0.4, 0.5) is 0 Å². The summed E-state index contributed by atoms with van der Waals surface area (Å²) >= 11 is 1.12. The molecule has 1 fully saturated rings. The maximum atomic E-state index is 11.9. The number of halogens is 1. The summed E-state index contributed by atoms with van der Waals surface area (Å²) in [6.07, 6.45) is 0.775. The van der Waals surface area contributed by atoms with Crippen LogP contribution in [-0.4, -0.2) is 33.6 Å². The molecule has 0 aliphatic carbocycles. The van der Waals surface area contributed by atoms with Crippen molar-refractivity contribution in [3.8, 4) is 0 Å². The fraction of sp³-hybridized carbons (Fsp3) is 0.500. The fourth-order valence-corrected chi connectivity index (χ4v) is 4.29. The van der Waals surface area contributed by atoms with E-state index in [0.29, 0.717) is 23.0 Å². The standard InChI is InChI=1S/C10H12ClNO4S2/c1-6-9(18(11,14)15)4-8(17-6)10(13)12-7-2-3-16-5-7/h4,7H,2-3,5H2,1H3,(H,12,13). The van der Waals surface area contributed by atoms with Gasteiger partial charge in [-0.15, -0.1) is 11.3 Å². The van der Waals surface area contributed by atoms with E-state index < -0.39 is 9.05 Å². The first-order chi connectivity index (χ1) is 8.38. The van der Waals surface area contributed by atoms with Gasteiger partial charge in [0, 0.05) is 22.2 Å². The predicted molar refractivity (Wildman–Crippen MR) is 68.8 cm³/mol. The van der Waals surface area contributed by atoms with Gasteiger partial charge in [-0.25, -0.2) is 8.42 Å². The molecule has 0 spiro atoms. The van der Waals surface area contributed by atoms with E-state index in [9.17, 15) is 13.2 Å². The normalized spacial score (nSPS) is 20.0. The summed E-state index contributed by atoms with van der Waals surface area (Å²) in [6, 6.07) is 1.31. The van der Waals surface area contributed by atoms with Crippen molar-refractivity contribution in [2.45, 2.75) is 24.3 Å². The first-order valence-electron chi connectivity index (χ1n) is 5.31. The lowest BCUT2D eigenvalue weighted by atomic mass is 10.2. The second kappa shape index (κ2) is 5.16. The van der Waals surface area contributed by atoms with Crippen molar-refractivity contribution in [1.82, 2.24) is 5.32 Å². The Morgan fingerprint density at radius 3 is 2.83 bits per heavy atom. The van der Waals surface area contributed by atoms with Gasteiger partial charge in [0.2, 0.25) is 0 Å². The summed E-state index contributed by atoms with van der Waals surface area (Å²) in [5.41, 5.74) is 0. The Morgan fingerprint density at radius 1 is 1.61 bits per heavy atom. The number of carbonyl (C=O) groups is 1. The van der Waals surface area contributed by atoms with Gasteiger partial charge in [-0.1, -0.05) is 0 Å². The molecule has 0 aromatic carbocycles. The Morgan fingerprint density at radius 2 is 2.33 bits per heavy atom. The van der Waals surface area contributed by atoms with Crippen LogP contribution in [0.15, 0.2) is 11.0 Å². The first-order valence-corrected chi connectivity index (χ1v) is 8.44. The summed E-state index contributed by atoms with van der Waals surface area (Å²) in [6.45, 7) is 2.75. The smallest absolute Gasteiger partial charge is 0.262 e. The lowest BCUT2D eigenvalue weighted by Gasteiger charge is -2.08. The van der Waals surface area contributed by atoms with Crippen LogP contribution in [0.5, 0.6) is 0 Å². The van der Waals surface area contributed by atoms with Crippen LogP contribution in [-0.2, 0) is 13.8 Å². The molecule has 1 unspecified atom stereocenters. The summed E-state index contributed by atoms with van der Waals surface area (Å²) < 4.78 is 27.7. The van der Waals surface area contributed by atoms with Gasteiger partial charge < -0.3 is 10.1 Å². The quantitative estimate of drug-likeness (QED) is 0.859. The van der Waals surface area contributed by atoms with E-state index in [-0.39, 0.29) is 16.8 Å². The number of thiophene rings is 1. The number of carbonyl (C=O) groups excluding carboxylic acids is 1. The minimum Gasteiger partial charge on any atom is -0.379 e. The zero-order valence-corrected chi connectivity index (χ0v) is 12.0. The zero-order valence-electron chi connectivity index (χ0n) is 9.60. The predicted octanol–water partition coefficient (Wildman–Crippen LogP) is 1.50. The summed E-state index contributed by atoms with van der Waals surface area (Å²) in [5, 5.41) is 2.80. The van der Waals surface area contributed by atoms with Gasteiger partial charge in [0.25, 0.3) is 15.0 Å². The number of hydrogen-bond acceptors (Lipinski definition) is 5. The van der Waals surface area contributed by atoms with Crippen molar-refractivity contribution >= 4 is 37.0 Å². The van der Waals surface area contributed by atoms with Crippen LogP contribution in [0.3, 0.4) is 0 Å². The summed E-state index contributed by atoms with van der Waals surface area (Å²) in [5.74, 6) is -0.287. The SMILES string of the molecule is Cc1sc(C(=O)NC2CCOC2)cc1S(=O)(=O)Cl. The first kappa shape index (κ1) is 13.8. The molecule has 0 bridgehead atoms. The molecule has 1 aromatic rings. The van der Waals surface area contributed by atoms with Gasteiger partial charge in [-0.05, 0) is 19.4 Å². The topological polar surface area (TPSA) is 72.5 Å². The number of ether oxygens (including phenoxy) is 1. The molecule has 2 heterocycles. The molecule has 8 heteroatoms. The van der Waals surface area contributed by atoms with Crippen LogP contribution in [0.25, 0.3) is 0 Å². The highest BCUT2D eigenvalue weighted by Crippen LogP contribution is 2.28.